The Kier molecular flexibility index (Phi) is 4.93. The summed E-state index contributed by atoms with van der Waals surface area (Å²) in [6.07, 6.45) is 0.0709. The average Bonchev–Trinajstić information content (AvgIpc) is 2.93. The standard InChI is InChI=1S/C16H17NO5/c1-10-13(9-12(15(18)20-2)16(19)21-3)17-14(22-10)11-7-5-4-6-8-11/h4-8,12H,9H2,1-3H3. The SMILES string of the molecule is COC(=O)C(Cc1nc(-c2ccccc2)oc1C)C(=O)OC. The number of methoxy groups -OCH3 is 2. The number of aromatic nitrogens is 1. The van der Waals surface area contributed by atoms with Crippen molar-refractivity contribution in [2.75, 3.05) is 14.2 Å². The zero-order valence-corrected chi connectivity index (χ0v) is 12.7. The number of rotatable bonds is 5. The van der Waals surface area contributed by atoms with Crippen LogP contribution in [0.15, 0.2) is 34.7 Å². The number of oxazole rings is 1. The van der Waals surface area contributed by atoms with Gasteiger partial charge in [-0.05, 0) is 19.1 Å². The lowest BCUT2D eigenvalue weighted by Gasteiger charge is -2.10. The van der Waals surface area contributed by atoms with Gasteiger partial charge in [-0.2, -0.15) is 0 Å². The number of benzene rings is 1. The molecule has 0 N–H and O–H groups in total. The lowest BCUT2D eigenvalue weighted by atomic mass is 10.0. The smallest absolute Gasteiger partial charge is 0.320 e. The van der Waals surface area contributed by atoms with Crippen LogP contribution in [0.25, 0.3) is 11.5 Å². The van der Waals surface area contributed by atoms with Crippen molar-refractivity contribution in [3.63, 3.8) is 0 Å². The molecule has 1 aromatic carbocycles. The fraction of sp³-hybridized carbons (Fsp3) is 0.312. The fourth-order valence-electron chi connectivity index (χ4n) is 2.06. The van der Waals surface area contributed by atoms with E-state index >= 15 is 0 Å². The van der Waals surface area contributed by atoms with E-state index in [4.69, 9.17) is 4.42 Å². The minimum absolute atomic E-state index is 0.0709. The van der Waals surface area contributed by atoms with Gasteiger partial charge in [-0.25, -0.2) is 4.98 Å². The lowest BCUT2D eigenvalue weighted by molar-refractivity contribution is -0.158. The molecule has 0 aliphatic heterocycles. The molecule has 0 bridgehead atoms. The van der Waals surface area contributed by atoms with E-state index in [2.05, 4.69) is 14.5 Å². The summed E-state index contributed by atoms with van der Waals surface area (Å²) < 4.78 is 14.9. The third-order valence-corrected chi connectivity index (χ3v) is 3.28. The van der Waals surface area contributed by atoms with Crippen LogP contribution >= 0.6 is 0 Å². The van der Waals surface area contributed by atoms with Crippen LogP contribution in [0.1, 0.15) is 11.5 Å². The fourth-order valence-corrected chi connectivity index (χ4v) is 2.06. The number of hydrogen-bond donors (Lipinski definition) is 0. The molecule has 0 unspecified atom stereocenters. The first-order valence-corrected chi connectivity index (χ1v) is 6.74. The highest BCUT2D eigenvalue weighted by atomic mass is 16.5. The van der Waals surface area contributed by atoms with Gasteiger partial charge >= 0.3 is 11.9 Å². The number of carbonyl (C=O) groups is 2. The van der Waals surface area contributed by atoms with Crippen molar-refractivity contribution in [3.05, 3.63) is 41.8 Å². The van der Waals surface area contributed by atoms with Gasteiger partial charge in [-0.1, -0.05) is 18.2 Å². The lowest BCUT2D eigenvalue weighted by Crippen LogP contribution is -2.28. The highest BCUT2D eigenvalue weighted by Gasteiger charge is 2.31. The Balaban J connectivity index is 2.27. The van der Waals surface area contributed by atoms with Crippen LogP contribution in [0.4, 0.5) is 0 Å². The first-order chi connectivity index (χ1) is 10.6. The number of carbonyl (C=O) groups excluding carboxylic acids is 2. The van der Waals surface area contributed by atoms with E-state index in [9.17, 15) is 9.59 Å². The van der Waals surface area contributed by atoms with Crippen LogP contribution in [-0.4, -0.2) is 31.1 Å². The Morgan fingerprint density at radius 2 is 1.73 bits per heavy atom. The van der Waals surface area contributed by atoms with E-state index in [-0.39, 0.29) is 6.42 Å². The second-order valence-corrected chi connectivity index (χ2v) is 4.69. The second kappa shape index (κ2) is 6.89. The molecule has 1 aromatic heterocycles. The maximum atomic E-state index is 11.7. The third kappa shape index (κ3) is 3.33. The van der Waals surface area contributed by atoms with Crippen molar-refractivity contribution in [2.45, 2.75) is 13.3 Å². The number of ether oxygens (including phenoxy) is 2. The van der Waals surface area contributed by atoms with Crippen molar-refractivity contribution in [3.8, 4) is 11.5 Å². The monoisotopic (exact) mass is 303 g/mol. The molecule has 1 heterocycles. The van der Waals surface area contributed by atoms with Crippen molar-refractivity contribution in [1.82, 2.24) is 4.98 Å². The summed E-state index contributed by atoms with van der Waals surface area (Å²) >= 11 is 0. The molecule has 0 saturated heterocycles. The molecule has 0 aliphatic carbocycles. The summed E-state index contributed by atoms with van der Waals surface area (Å²) in [6.45, 7) is 1.74. The van der Waals surface area contributed by atoms with Crippen molar-refractivity contribution in [2.24, 2.45) is 5.92 Å². The van der Waals surface area contributed by atoms with Crippen LogP contribution in [0.5, 0.6) is 0 Å². The van der Waals surface area contributed by atoms with Gasteiger partial charge in [0.25, 0.3) is 0 Å². The van der Waals surface area contributed by atoms with E-state index in [1.165, 1.54) is 14.2 Å². The Morgan fingerprint density at radius 3 is 2.27 bits per heavy atom. The third-order valence-electron chi connectivity index (χ3n) is 3.28. The van der Waals surface area contributed by atoms with Crippen LogP contribution in [0, 0.1) is 12.8 Å². The predicted octanol–water partition coefficient (Wildman–Crippen LogP) is 2.15. The summed E-state index contributed by atoms with van der Waals surface area (Å²) in [7, 11) is 2.45. The van der Waals surface area contributed by atoms with Gasteiger partial charge in [0.2, 0.25) is 5.89 Å². The zero-order chi connectivity index (χ0) is 16.1. The van der Waals surface area contributed by atoms with E-state index < -0.39 is 17.9 Å². The highest BCUT2D eigenvalue weighted by Crippen LogP contribution is 2.23. The molecule has 6 heteroatoms. The van der Waals surface area contributed by atoms with E-state index in [0.717, 1.165) is 5.56 Å². The van der Waals surface area contributed by atoms with Crippen LogP contribution in [0.3, 0.4) is 0 Å². The highest BCUT2D eigenvalue weighted by molar-refractivity contribution is 5.95. The molecule has 22 heavy (non-hydrogen) atoms. The van der Waals surface area contributed by atoms with Crippen molar-refractivity contribution in [1.29, 1.82) is 0 Å². The minimum atomic E-state index is -1.05. The second-order valence-electron chi connectivity index (χ2n) is 4.69. The van der Waals surface area contributed by atoms with Gasteiger partial charge in [0, 0.05) is 12.0 Å². The molecular formula is C16H17NO5. The molecule has 0 amide bonds. The topological polar surface area (TPSA) is 78.6 Å². The molecule has 2 rings (SSSR count). The molecule has 0 radical (unpaired) electrons. The molecule has 0 atom stereocenters. The number of aryl methyl sites for hydroxylation is 1. The van der Waals surface area contributed by atoms with Crippen LogP contribution in [-0.2, 0) is 25.5 Å². The Bertz CT molecular complexity index is 646. The first kappa shape index (κ1) is 15.8. The molecule has 116 valence electrons. The van der Waals surface area contributed by atoms with Crippen LogP contribution in [0.2, 0.25) is 0 Å². The normalized spacial score (nSPS) is 10.5. The maximum Gasteiger partial charge on any atom is 0.320 e. The van der Waals surface area contributed by atoms with E-state index in [1.807, 2.05) is 30.3 Å². The van der Waals surface area contributed by atoms with Gasteiger partial charge in [-0.15, -0.1) is 0 Å². The van der Waals surface area contributed by atoms with Gasteiger partial charge in [0.05, 0.1) is 19.9 Å². The molecule has 2 aromatic rings. The minimum Gasteiger partial charge on any atom is -0.468 e. The number of nitrogens with zero attached hydrogens (tertiary/aromatic N) is 1. The summed E-state index contributed by atoms with van der Waals surface area (Å²) in [6, 6.07) is 9.38. The van der Waals surface area contributed by atoms with E-state index in [1.54, 1.807) is 6.92 Å². The quantitative estimate of drug-likeness (QED) is 0.622. The largest absolute Gasteiger partial charge is 0.468 e. The molecule has 0 aliphatic rings. The Labute approximate surface area is 128 Å². The van der Waals surface area contributed by atoms with Crippen LogP contribution < -0.4 is 0 Å². The average molecular weight is 303 g/mol. The number of hydrogen-bond acceptors (Lipinski definition) is 6. The first-order valence-electron chi connectivity index (χ1n) is 6.74. The Morgan fingerprint density at radius 1 is 1.14 bits per heavy atom. The van der Waals surface area contributed by atoms with Gasteiger partial charge in [-0.3, -0.25) is 9.59 Å². The zero-order valence-electron chi connectivity index (χ0n) is 12.7. The molecule has 0 fully saturated rings. The summed E-state index contributed by atoms with van der Waals surface area (Å²) in [5, 5.41) is 0. The van der Waals surface area contributed by atoms with Gasteiger partial charge in [0.15, 0.2) is 5.92 Å². The summed E-state index contributed by atoms with van der Waals surface area (Å²) in [5.41, 5.74) is 1.35. The molecule has 6 nitrogen and oxygen atoms in total. The van der Waals surface area contributed by atoms with E-state index in [0.29, 0.717) is 17.3 Å². The molecule has 0 saturated carbocycles. The predicted molar refractivity (Wildman–Crippen MR) is 77.9 cm³/mol. The van der Waals surface area contributed by atoms with Gasteiger partial charge in [0.1, 0.15) is 5.76 Å². The Hall–Kier alpha value is -2.63. The van der Waals surface area contributed by atoms with Gasteiger partial charge < -0.3 is 13.9 Å². The van der Waals surface area contributed by atoms with Crippen molar-refractivity contribution >= 4 is 11.9 Å². The number of esters is 2. The molecule has 0 spiro atoms. The maximum absolute atomic E-state index is 11.7. The van der Waals surface area contributed by atoms with Crippen molar-refractivity contribution < 1.29 is 23.5 Å². The summed E-state index contributed by atoms with van der Waals surface area (Å²) in [5.74, 6) is -1.37. The molecular weight excluding hydrogens is 286 g/mol. The summed E-state index contributed by atoms with van der Waals surface area (Å²) in [4.78, 5) is 27.8.